The molecule has 0 amide bonds. The quantitative estimate of drug-likeness (QED) is 0.835. The van der Waals surface area contributed by atoms with Gasteiger partial charge in [-0.25, -0.2) is 0 Å². The number of aromatic nitrogens is 1. The van der Waals surface area contributed by atoms with Gasteiger partial charge in [-0.05, 0) is 45.0 Å². The van der Waals surface area contributed by atoms with Gasteiger partial charge in [-0.3, -0.25) is 4.98 Å². The van der Waals surface area contributed by atoms with Gasteiger partial charge >= 0.3 is 0 Å². The Balaban J connectivity index is 1.96. The van der Waals surface area contributed by atoms with Gasteiger partial charge in [0.1, 0.15) is 0 Å². The molecule has 0 aliphatic carbocycles. The van der Waals surface area contributed by atoms with Crippen LogP contribution in [0.4, 0.5) is 5.69 Å². The van der Waals surface area contributed by atoms with E-state index in [1.807, 2.05) is 19.2 Å². The molecule has 0 saturated carbocycles. The van der Waals surface area contributed by atoms with Crippen LogP contribution in [0, 0.1) is 12.3 Å². The average Bonchev–Trinajstić information content (AvgIpc) is 2.38. The Hall–Kier alpha value is -1.13. The largest absolute Gasteiger partial charge is 0.384 e. The van der Waals surface area contributed by atoms with Crippen LogP contribution in [0.5, 0.6) is 0 Å². The van der Waals surface area contributed by atoms with Crippen LogP contribution in [0.3, 0.4) is 0 Å². The molecule has 18 heavy (non-hydrogen) atoms. The highest BCUT2D eigenvalue weighted by molar-refractivity contribution is 5.43. The molecule has 4 heteroatoms. The van der Waals surface area contributed by atoms with E-state index in [4.69, 9.17) is 4.74 Å². The standard InChI is InChI=1S/C14H23N3O/c1-12-9-13(3-6-16-12)17-10-14(11-18-2)4-7-15-8-5-14/h3,6,9,15H,4-5,7-8,10-11H2,1-2H3,(H,16,17). The van der Waals surface area contributed by atoms with E-state index in [-0.39, 0.29) is 5.41 Å². The number of hydrogen-bond acceptors (Lipinski definition) is 4. The number of hydrogen-bond donors (Lipinski definition) is 2. The number of pyridine rings is 1. The Morgan fingerprint density at radius 3 is 2.89 bits per heavy atom. The lowest BCUT2D eigenvalue weighted by Crippen LogP contribution is -2.44. The maximum absolute atomic E-state index is 5.42. The zero-order valence-corrected chi connectivity index (χ0v) is 11.3. The highest BCUT2D eigenvalue weighted by Gasteiger charge is 2.31. The molecule has 1 aliphatic heterocycles. The third-order valence-electron chi connectivity index (χ3n) is 3.68. The lowest BCUT2D eigenvalue weighted by atomic mass is 9.79. The predicted molar refractivity (Wildman–Crippen MR) is 73.9 cm³/mol. The Labute approximate surface area is 109 Å². The minimum absolute atomic E-state index is 0.261. The summed E-state index contributed by atoms with van der Waals surface area (Å²) in [5, 5.41) is 6.94. The first-order valence-corrected chi connectivity index (χ1v) is 6.60. The first-order valence-electron chi connectivity index (χ1n) is 6.60. The number of nitrogens with zero attached hydrogens (tertiary/aromatic N) is 1. The maximum Gasteiger partial charge on any atom is 0.0536 e. The van der Waals surface area contributed by atoms with Gasteiger partial charge in [-0.1, -0.05) is 0 Å². The molecule has 1 saturated heterocycles. The van der Waals surface area contributed by atoms with Crippen molar-refractivity contribution in [3.05, 3.63) is 24.0 Å². The Bertz CT molecular complexity index is 370. The second-order valence-corrected chi connectivity index (χ2v) is 5.22. The van der Waals surface area contributed by atoms with Crippen molar-refractivity contribution in [3.8, 4) is 0 Å². The lowest BCUT2D eigenvalue weighted by Gasteiger charge is -2.37. The van der Waals surface area contributed by atoms with Crippen LogP contribution in [0.25, 0.3) is 0 Å². The summed E-state index contributed by atoms with van der Waals surface area (Å²) in [4.78, 5) is 4.21. The van der Waals surface area contributed by atoms with Crippen LogP contribution in [0.1, 0.15) is 18.5 Å². The van der Waals surface area contributed by atoms with Crippen LogP contribution in [0.15, 0.2) is 18.3 Å². The zero-order valence-electron chi connectivity index (χ0n) is 11.3. The van der Waals surface area contributed by atoms with E-state index < -0.39 is 0 Å². The summed E-state index contributed by atoms with van der Waals surface area (Å²) in [5.74, 6) is 0. The number of ether oxygens (including phenoxy) is 1. The summed E-state index contributed by atoms with van der Waals surface area (Å²) in [6.45, 7) is 5.97. The molecule has 0 aromatic carbocycles. The number of aryl methyl sites for hydroxylation is 1. The van der Waals surface area contributed by atoms with Gasteiger partial charge in [0.05, 0.1) is 6.61 Å². The minimum atomic E-state index is 0.261. The van der Waals surface area contributed by atoms with Crippen molar-refractivity contribution in [3.63, 3.8) is 0 Å². The van der Waals surface area contributed by atoms with E-state index >= 15 is 0 Å². The van der Waals surface area contributed by atoms with E-state index in [2.05, 4.69) is 21.7 Å². The predicted octanol–water partition coefficient (Wildman–Crippen LogP) is 1.82. The molecule has 0 unspecified atom stereocenters. The molecule has 2 rings (SSSR count). The van der Waals surface area contributed by atoms with Crippen molar-refractivity contribution in [2.45, 2.75) is 19.8 Å². The van der Waals surface area contributed by atoms with Crippen molar-refractivity contribution in [1.29, 1.82) is 0 Å². The van der Waals surface area contributed by atoms with Gasteiger partial charge in [0.15, 0.2) is 0 Å². The van der Waals surface area contributed by atoms with Gasteiger partial charge in [0.2, 0.25) is 0 Å². The minimum Gasteiger partial charge on any atom is -0.384 e. The molecule has 1 aliphatic rings. The molecular formula is C14H23N3O. The highest BCUT2D eigenvalue weighted by atomic mass is 16.5. The normalized spacial score (nSPS) is 18.6. The average molecular weight is 249 g/mol. The monoisotopic (exact) mass is 249 g/mol. The van der Waals surface area contributed by atoms with Crippen molar-refractivity contribution in [2.24, 2.45) is 5.41 Å². The summed E-state index contributed by atoms with van der Waals surface area (Å²) in [5.41, 5.74) is 2.46. The SMILES string of the molecule is COCC1(CNc2ccnc(C)c2)CCNCC1. The molecule has 2 heterocycles. The third-order valence-corrected chi connectivity index (χ3v) is 3.68. The number of anilines is 1. The Kier molecular flexibility index (Phi) is 4.55. The maximum atomic E-state index is 5.42. The highest BCUT2D eigenvalue weighted by Crippen LogP contribution is 2.29. The summed E-state index contributed by atoms with van der Waals surface area (Å²) < 4.78 is 5.42. The summed E-state index contributed by atoms with van der Waals surface area (Å²) in [6, 6.07) is 4.11. The fourth-order valence-corrected chi connectivity index (χ4v) is 2.58. The van der Waals surface area contributed by atoms with Crippen molar-refractivity contribution in [2.75, 3.05) is 38.7 Å². The topological polar surface area (TPSA) is 46.2 Å². The molecule has 0 bridgehead atoms. The molecule has 1 aromatic heterocycles. The molecule has 2 N–H and O–H groups in total. The number of piperidine rings is 1. The Morgan fingerprint density at radius 1 is 1.44 bits per heavy atom. The molecule has 1 fully saturated rings. The van der Waals surface area contributed by atoms with E-state index in [0.717, 1.165) is 50.5 Å². The van der Waals surface area contributed by atoms with Crippen molar-refractivity contribution < 1.29 is 4.74 Å². The van der Waals surface area contributed by atoms with Gasteiger partial charge in [-0.2, -0.15) is 0 Å². The van der Waals surface area contributed by atoms with Crippen LogP contribution in [-0.2, 0) is 4.74 Å². The zero-order chi connectivity index (χ0) is 12.8. The first-order chi connectivity index (χ1) is 8.74. The summed E-state index contributed by atoms with van der Waals surface area (Å²) in [6.07, 6.45) is 4.18. The van der Waals surface area contributed by atoms with Crippen LogP contribution in [-0.4, -0.2) is 38.3 Å². The summed E-state index contributed by atoms with van der Waals surface area (Å²) in [7, 11) is 1.79. The summed E-state index contributed by atoms with van der Waals surface area (Å²) >= 11 is 0. The smallest absolute Gasteiger partial charge is 0.0536 e. The number of methoxy groups -OCH3 is 1. The molecule has 0 radical (unpaired) electrons. The van der Waals surface area contributed by atoms with Gasteiger partial charge in [-0.15, -0.1) is 0 Å². The van der Waals surface area contributed by atoms with Crippen LogP contribution >= 0.6 is 0 Å². The van der Waals surface area contributed by atoms with Crippen molar-refractivity contribution in [1.82, 2.24) is 10.3 Å². The Morgan fingerprint density at radius 2 is 2.22 bits per heavy atom. The fourth-order valence-electron chi connectivity index (χ4n) is 2.58. The van der Waals surface area contributed by atoms with E-state index in [1.165, 1.54) is 0 Å². The second kappa shape index (κ2) is 6.16. The molecule has 100 valence electrons. The molecular weight excluding hydrogens is 226 g/mol. The van der Waals surface area contributed by atoms with Gasteiger partial charge in [0, 0.05) is 36.6 Å². The molecule has 0 spiro atoms. The van der Waals surface area contributed by atoms with Crippen molar-refractivity contribution >= 4 is 5.69 Å². The van der Waals surface area contributed by atoms with E-state index in [1.54, 1.807) is 7.11 Å². The fraction of sp³-hybridized carbons (Fsp3) is 0.643. The number of rotatable bonds is 5. The van der Waals surface area contributed by atoms with E-state index in [9.17, 15) is 0 Å². The van der Waals surface area contributed by atoms with E-state index in [0.29, 0.717) is 0 Å². The van der Waals surface area contributed by atoms with Gasteiger partial charge < -0.3 is 15.4 Å². The molecule has 0 atom stereocenters. The molecule has 1 aromatic rings. The molecule has 4 nitrogen and oxygen atoms in total. The first kappa shape index (κ1) is 13.3. The lowest BCUT2D eigenvalue weighted by molar-refractivity contribution is 0.0636. The second-order valence-electron chi connectivity index (χ2n) is 5.22. The van der Waals surface area contributed by atoms with Crippen LogP contribution in [0.2, 0.25) is 0 Å². The number of nitrogens with one attached hydrogen (secondary N) is 2. The van der Waals surface area contributed by atoms with Gasteiger partial charge in [0.25, 0.3) is 0 Å². The third kappa shape index (κ3) is 3.43. The van der Waals surface area contributed by atoms with Crippen LogP contribution < -0.4 is 10.6 Å².